The van der Waals surface area contributed by atoms with Gasteiger partial charge in [-0.25, -0.2) is 8.70 Å². The summed E-state index contributed by atoms with van der Waals surface area (Å²) in [6.07, 6.45) is 0.901. The minimum atomic E-state index is -4.27. The third-order valence-electron chi connectivity index (χ3n) is 6.85. The second-order valence-corrected chi connectivity index (χ2v) is 12.3. The molecule has 3 aromatic carbocycles. The number of aryl methyl sites for hydroxylation is 1. The summed E-state index contributed by atoms with van der Waals surface area (Å²) >= 11 is 0. The highest BCUT2D eigenvalue weighted by Crippen LogP contribution is 2.24. The minimum Gasteiger partial charge on any atom is -0.352 e. The third-order valence-corrected chi connectivity index (χ3v) is 8.65. The fourth-order valence-corrected chi connectivity index (χ4v) is 5.42. The lowest BCUT2D eigenvalue weighted by atomic mass is 10.0. The molecular formula is C31H39FN4O4S. The standard InChI is InChI=1S/C31H39FN4O4S/c1-6-24(3)33-31(38)29(20-25-14-8-7-9-15-25)35(21-26-16-12-13-23(2)19-26)30(37)22-36(41(39,40)34(4)5)28-18-11-10-17-27(28)32/h7-19,24,29H,6,20-22H2,1-5H3,(H,33,38)/t24-,29+/m1/s1. The number of anilines is 1. The molecular weight excluding hydrogens is 543 g/mol. The zero-order valence-corrected chi connectivity index (χ0v) is 25.1. The van der Waals surface area contributed by atoms with Gasteiger partial charge in [0, 0.05) is 33.1 Å². The highest BCUT2D eigenvalue weighted by molar-refractivity contribution is 7.90. The summed E-state index contributed by atoms with van der Waals surface area (Å²) in [6, 6.07) is 21.2. The third kappa shape index (κ3) is 8.37. The Morgan fingerprint density at radius 1 is 0.927 bits per heavy atom. The van der Waals surface area contributed by atoms with E-state index < -0.39 is 34.5 Å². The SMILES string of the molecule is CC[C@@H](C)NC(=O)[C@H](Cc1ccccc1)N(Cc1cccc(C)c1)C(=O)CN(c1ccccc1F)S(=O)(=O)N(C)C. The molecule has 0 heterocycles. The first-order chi connectivity index (χ1) is 19.4. The summed E-state index contributed by atoms with van der Waals surface area (Å²) in [6.45, 7) is 5.11. The molecule has 0 aliphatic rings. The minimum absolute atomic E-state index is 0.0546. The number of amides is 2. The van der Waals surface area contributed by atoms with Gasteiger partial charge in [-0.3, -0.25) is 9.59 Å². The molecule has 1 N–H and O–H groups in total. The van der Waals surface area contributed by atoms with Crippen molar-refractivity contribution < 1.29 is 22.4 Å². The number of carbonyl (C=O) groups excluding carboxylic acids is 2. The van der Waals surface area contributed by atoms with Gasteiger partial charge < -0.3 is 10.2 Å². The second-order valence-electron chi connectivity index (χ2n) is 10.3. The van der Waals surface area contributed by atoms with Crippen LogP contribution < -0.4 is 9.62 Å². The van der Waals surface area contributed by atoms with Crippen LogP contribution in [0.1, 0.15) is 37.0 Å². The fraction of sp³-hybridized carbons (Fsp3) is 0.355. The first kappa shape index (κ1) is 31.8. The van der Waals surface area contributed by atoms with Gasteiger partial charge in [-0.2, -0.15) is 12.7 Å². The number of nitrogens with one attached hydrogen (secondary N) is 1. The summed E-state index contributed by atoms with van der Waals surface area (Å²) in [5.74, 6) is -1.77. The van der Waals surface area contributed by atoms with Gasteiger partial charge in [0.05, 0.1) is 5.69 Å². The van der Waals surface area contributed by atoms with Crippen molar-refractivity contribution in [3.05, 3.63) is 101 Å². The van der Waals surface area contributed by atoms with Gasteiger partial charge in [0.1, 0.15) is 18.4 Å². The van der Waals surface area contributed by atoms with E-state index >= 15 is 0 Å². The molecule has 3 aromatic rings. The van der Waals surface area contributed by atoms with Gasteiger partial charge >= 0.3 is 10.2 Å². The van der Waals surface area contributed by atoms with Gasteiger partial charge in [0.15, 0.2) is 0 Å². The number of hydrogen-bond acceptors (Lipinski definition) is 4. The second kappa shape index (κ2) is 14.2. The van der Waals surface area contributed by atoms with Crippen LogP contribution in [-0.4, -0.2) is 62.2 Å². The van der Waals surface area contributed by atoms with Crippen LogP contribution in [0.3, 0.4) is 0 Å². The molecule has 2 amide bonds. The first-order valence-electron chi connectivity index (χ1n) is 13.6. The van der Waals surface area contributed by atoms with E-state index in [9.17, 15) is 22.4 Å². The van der Waals surface area contributed by atoms with Crippen LogP contribution in [0.15, 0.2) is 78.9 Å². The molecule has 8 nitrogen and oxygen atoms in total. The summed E-state index contributed by atoms with van der Waals surface area (Å²) in [4.78, 5) is 29.3. The van der Waals surface area contributed by atoms with E-state index in [0.29, 0.717) is 6.42 Å². The quantitative estimate of drug-likeness (QED) is 0.326. The van der Waals surface area contributed by atoms with Crippen molar-refractivity contribution in [1.82, 2.24) is 14.5 Å². The van der Waals surface area contributed by atoms with E-state index in [1.165, 1.54) is 37.2 Å². The molecule has 10 heteroatoms. The van der Waals surface area contributed by atoms with E-state index in [0.717, 1.165) is 31.4 Å². The maximum atomic E-state index is 14.9. The number of benzene rings is 3. The van der Waals surface area contributed by atoms with Gasteiger partial charge in [-0.1, -0.05) is 79.2 Å². The molecule has 0 spiro atoms. The molecule has 0 aliphatic heterocycles. The van der Waals surface area contributed by atoms with Crippen molar-refractivity contribution in [2.24, 2.45) is 0 Å². The van der Waals surface area contributed by atoms with Crippen LogP contribution in [0, 0.1) is 12.7 Å². The lowest BCUT2D eigenvalue weighted by Crippen LogP contribution is -2.55. The zero-order valence-electron chi connectivity index (χ0n) is 24.2. The summed E-state index contributed by atoms with van der Waals surface area (Å²) < 4.78 is 43.3. The molecule has 0 saturated heterocycles. The Labute approximate surface area is 243 Å². The topological polar surface area (TPSA) is 90.0 Å². The molecule has 0 radical (unpaired) electrons. The number of nitrogens with zero attached hydrogens (tertiary/aromatic N) is 3. The Morgan fingerprint density at radius 3 is 2.17 bits per heavy atom. The molecule has 0 fully saturated rings. The van der Waals surface area contributed by atoms with Gasteiger partial charge in [-0.05, 0) is 43.5 Å². The smallest absolute Gasteiger partial charge is 0.304 e. The van der Waals surface area contributed by atoms with Crippen molar-refractivity contribution in [2.75, 3.05) is 24.9 Å². The Bertz CT molecular complexity index is 1430. The highest BCUT2D eigenvalue weighted by Gasteiger charge is 2.35. The summed E-state index contributed by atoms with van der Waals surface area (Å²) in [5.41, 5.74) is 2.34. The van der Waals surface area contributed by atoms with E-state index in [1.807, 2.05) is 75.4 Å². The average Bonchev–Trinajstić information content (AvgIpc) is 2.94. The van der Waals surface area contributed by atoms with Crippen LogP contribution in [0.4, 0.5) is 10.1 Å². The molecule has 0 saturated carbocycles. The Balaban J connectivity index is 2.11. The van der Waals surface area contributed by atoms with Crippen LogP contribution in [0.25, 0.3) is 0 Å². The predicted molar refractivity (Wildman–Crippen MR) is 160 cm³/mol. The Morgan fingerprint density at radius 2 is 1.56 bits per heavy atom. The number of hydrogen-bond donors (Lipinski definition) is 1. The number of rotatable bonds is 13. The largest absolute Gasteiger partial charge is 0.352 e. The molecule has 0 aromatic heterocycles. The van der Waals surface area contributed by atoms with Crippen LogP contribution in [0.5, 0.6) is 0 Å². The molecule has 220 valence electrons. The van der Waals surface area contributed by atoms with E-state index in [4.69, 9.17) is 0 Å². The van der Waals surface area contributed by atoms with Crippen molar-refractivity contribution in [3.8, 4) is 0 Å². The van der Waals surface area contributed by atoms with Crippen molar-refractivity contribution in [1.29, 1.82) is 0 Å². The van der Waals surface area contributed by atoms with Crippen LogP contribution >= 0.6 is 0 Å². The molecule has 2 atom stereocenters. The molecule has 0 unspecified atom stereocenters. The Hall–Kier alpha value is -3.76. The van der Waals surface area contributed by atoms with E-state index in [-0.39, 0.29) is 30.6 Å². The van der Waals surface area contributed by atoms with Crippen LogP contribution in [0.2, 0.25) is 0 Å². The Kier molecular flexibility index (Phi) is 11.0. The lowest BCUT2D eigenvalue weighted by molar-refractivity contribution is -0.140. The maximum absolute atomic E-state index is 14.9. The summed E-state index contributed by atoms with van der Waals surface area (Å²) in [5, 5.41) is 2.99. The molecule has 0 bridgehead atoms. The van der Waals surface area contributed by atoms with Crippen molar-refractivity contribution >= 4 is 27.7 Å². The normalized spacial score (nSPS) is 13.0. The maximum Gasteiger partial charge on any atom is 0.304 e. The number of para-hydroxylation sites is 1. The van der Waals surface area contributed by atoms with Crippen molar-refractivity contribution in [3.63, 3.8) is 0 Å². The van der Waals surface area contributed by atoms with Gasteiger partial charge in [0.25, 0.3) is 0 Å². The average molecular weight is 583 g/mol. The zero-order chi connectivity index (χ0) is 30.2. The molecule has 0 aliphatic carbocycles. The predicted octanol–water partition coefficient (Wildman–Crippen LogP) is 4.30. The van der Waals surface area contributed by atoms with Crippen LogP contribution in [-0.2, 0) is 32.8 Å². The number of carbonyl (C=O) groups is 2. The van der Waals surface area contributed by atoms with E-state index in [2.05, 4.69) is 5.32 Å². The molecule has 3 rings (SSSR count). The highest BCUT2D eigenvalue weighted by atomic mass is 32.2. The van der Waals surface area contributed by atoms with Gasteiger partial charge in [-0.15, -0.1) is 0 Å². The molecule has 41 heavy (non-hydrogen) atoms. The van der Waals surface area contributed by atoms with Crippen molar-refractivity contribution in [2.45, 2.75) is 52.2 Å². The lowest BCUT2D eigenvalue weighted by Gasteiger charge is -2.35. The monoisotopic (exact) mass is 582 g/mol. The fourth-order valence-electron chi connectivity index (χ4n) is 4.36. The number of halogens is 1. The first-order valence-corrected chi connectivity index (χ1v) is 15.0. The summed E-state index contributed by atoms with van der Waals surface area (Å²) in [7, 11) is -1.64. The van der Waals surface area contributed by atoms with E-state index in [1.54, 1.807) is 0 Å². The van der Waals surface area contributed by atoms with Gasteiger partial charge in [0.2, 0.25) is 11.8 Å².